The summed E-state index contributed by atoms with van der Waals surface area (Å²) in [5, 5.41) is 0. The van der Waals surface area contributed by atoms with Crippen molar-refractivity contribution in [2.75, 3.05) is 5.73 Å². The van der Waals surface area contributed by atoms with E-state index in [2.05, 4.69) is 9.97 Å². The molecule has 2 aromatic rings. The molecule has 1 heterocycles. The van der Waals surface area contributed by atoms with E-state index >= 15 is 0 Å². The van der Waals surface area contributed by atoms with Crippen molar-refractivity contribution in [2.24, 2.45) is 0 Å². The van der Waals surface area contributed by atoms with E-state index in [4.69, 9.17) is 5.73 Å². The molecule has 0 bridgehead atoms. The average molecular weight is 213 g/mol. The number of carbonyl (C=O) groups is 1. The van der Waals surface area contributed by atoms with Crippen LogP contribution in [0, 0.1) is 0 Å². The first-order valence-corrected chi connectivity index (χ1v) is 4.87. The highest BCUT2D eigenvalue weighted by Crippen LogP contribution is 2.17. The number of anilines is 1. The number of hydrogen-bond donors (Lipinski definition) is 1. The Morgan fingerprint density at radius 1 is 1.19 bits per heavy atom. The average Bonchev–Trinajstić information content (AvgIpc) is 2.29. The van der Waals surface area contributed by atoms with E-state index in [1.807, 2.05) is 12.1 Å². The lowest BCUT2D eigenvalue weighted by molar-refractivity contribution is 0.101. The maximum Gasteiger partial charge on any atom is 0.220 e. The maximum absolute atomic E-state index is 11.1. The van der Waals surface area contributed by atoms with Gasteiger partial charge in [0.25, 0.3) is 0 Å². The first kappa shape index (κ1) is 10.3. The van der Waals surface area contributed by atoms with Gasteiger partial charge >= 0.3 is 0 Å². The van der Waals surface area contributed by atoms with Crippen LogP contribution < -0.4 is 5.73 Å². The van der Waals surface area contributed by atoms with Gasteiger partial charge in [-0.25, -0.2) is 9.97 Å². The van der Waals surface area contributed by atoms with Gasteiger partial charge in [0, 0.05) is 17.3 Å². The zero-order valence-corrected chi connectivity index (χ0v) is 8.84. The smallest absolute Gasteiger partial charge is 0.220 e. The lowest BCUT2D eigenvalue weighted by atomic mass is 10.1. The first-order valence-electron chi connectivity index (χ1n) is 4.87. The fourth-order valence-corrected chi connectivity index (χ4v) is 1.41. The Bertz CT molecular complexity index is 520. The molecule has 0 amide bonds. The molecule has 0 spiro atoms. The summed E-state index contributed by atoms with van der Waals surface area (Å²) in [7, 11) is 0. The lowest BCUT2D eigenvalue weighted by Crippen LogP contribution is -1.96. The van der Waals surface area contributed by atoms with E-state index in [1.165, 1.54) is 6.92 Å². The highest BCUT2D eigenvalue weighted by molar-refractivity contribution is 5.94. The summed E-state index contributed by atoms with van der Waals surface area (Å²) in [4.78, 5) is 19.0. The van der Waals surface area contributed by atoms with E-state index in [0.717, 1.165) is 11.3 Å². The molecule has 0 unspecified atom stereocenters. The molecule has 1 aromatic heterocycles. The molecule has 4 nitrogen and oxygen atoms in total. The van der Waals surface area contributed by atoms with Gasteiger partial charge in [-0.05, 0) is 13.0 Å². The van der Waals surface area contributed by atoms with Crippen molar-refractivity contribution in [1.82, 2.24) is 9.97 Å². The van der Waals surface area contributed by atoms with Crippen LogP contribution in [0.3, 0.4) is 0 Å². The lowest BCUT2D eigenvalue weighted by Gasteiger charge is -2.02. The van der Waals surface area contributed by atoms with Crippen molar-refractivity contribution < 1.29 is 4.79 Å². The number of hydrogen-bond acceptors (Lipinski definition) is 4. The van der Waals surface area contributed by atoms with E-state index in [1.54, 1.807) is 24.4 Å². The van der Waals surface area contributed by atoms with Crippen LogP contribution in [0.2, 0.25) is 0 Å². The monoisotopic (exact) mass is 213 g/mol. The molecule has 0 radical (unpaired) electrons. The standard InChI is InChI=1S/C12H11N3O/c1-8(16)9-2-4-10(5-3-9)11-6-7-14-12(13)15-11/h2-7H,1H3,(H2,13,14,15). The minimum Gasteiger partial charge on any atom is -0.368 e. The Kier molecular flexibility index (Phi) is 2.64. The molecule has 0 saturated carbocycles. The molecule has 0 fully saturated rings. The number of Topliss-reactive ketones (excluding diaryl/α,β-unsaturated/α-hetero) is 1. The number of rotatable bonds is 2. The van der Waals surface area contributed by atoms with Gasteiger partial charge in [0.1, 0.15) is 0 Å². The molecule has 0 aliphatic carbocycles. The van der Waals surface area contributed by atoms with Crippen LogP contribution in [-0.4, -0.2) is 15.8 Å². The van der Waals surface area contributed by atoms with Crippen molar-refractivity contribution in [3.8, 4) is 11.3 Å². The van der Waals surface area contributed by atoms with Gasteiger partial charge in [0.15, 0.2) is 5.78 Å². The Morgan fingerprint density at radius 3 is 2.44 bits per heavy atom. The van der Waals surface area contributed by atoms with Crippen LogP contribution in [0.5, 0.6) is 0 Å². The molecule has 0 atom stereocenters. The van der Waals surface area contributed by atoms with Gasteiger partial charge in [-0.15, -0.1) is 0 Å². The van der Waals surface area contributed by atoms with Crippen molar-refractivity contribution >= 4 is 11.7 Å². The highest BCUT2D eigenvalue weighted by atomic mass is 16.1. The molecule has 2 N–H and O–H groups in total. The minimum absolute atomic E-state index is 0.0498. The number of nitrogens with two attached hydrogens (primary N) is 1. The Hall–Kier alpha value is -2.23. The summed E-state index contributed by atoms with van der Waals surface area (Å²) in [5.41, 5.74) is 7.85. The van der Waals surface area contributed by atoms with Gasteiger partial charge in [-0.1, -0.05) is 24.3 Å². The second kappa shape index (κ2) is 4.10. The number of benzene rings is 1. The van der Waals surface area contributed by atoms with Gasteiger partial charge in [-0.3, -0.25) is 4.79 Å². The zero-order chi connectivity index (χ0) is 11.5. The molecule has 16 heavy (non-hydrogen) atoms. The molecule has 0 aliphatic rings. The third-order valence-corrected chi connectivity index (χ3v) is 2.26. The third-order valence-electron chi connectivity index (χ3n) is 2.26. The Balaban J connectivity index is 2.38. The van der Waals surface area contributed by atoms with Gasteiger partial charge < -0.3 is 5.73 Å². The Labute approximate surface area is 93.2 Å². The Morgan fingerprint density at radius 2 is 1.88 bits per heavy atom. The molecular formula is C12H11N3O. The predicted octanol–water partition coefficient (Wildman–Crippen LogP) is 1.93. The molecular weight excluding hydrogens is 202 g/mol. The van der Waals surface area contributed by atoms with Crippen molar-refractivity contribution in [2.45, 2.75) is 6.92 Å². The summed E-state index contributed by atoms with van der Waals surface area (Å²) < 4.78 is 0. The second-order valence-corrected chi connectivity index (χ2v) is 3.43. The fourth-order valence-electron chi connectivity index (χ4n) is 1.41. The summed E-state index contributed by atoms with van der Waals surface area (Å²) in [5.74, 6) is 0.293. The van der Waals surface area contributed by atoms with Crippen molar-refractivity contribution in [3.63, 3.8) is 0 Å². The van der Waals surface area contributed by atoms with Gasteiger partial charge in [-0.2, -0.15) is 0 Å². The SMILES string of the molecule is CC(=O)c1ccc(-c2ccnc(N)n2)cc1. The van der Waals surface area contributed by atoms with Crippen LogP contribution in [-0.2, 0) is 0 Å². The number of nitrogens with zero attached hydrogens (tertiary/aromatic N) is 2. The van der Waals surface area contributed by atoms with Crippen molar-refractivity contribution in [1.29, 1.82) is 0 Å². The molecule has 4 heteroatoms. The van der Waals surface area contributed by atoms with E-state index in [9.17, 15) is 4.79 Å². The van der Waals surface area contributed by atoms with E-state index < -0.39 is 0 Å². The minimum atomic E-state index is 0.0498. The summed E-state index contributed by atoms with van der Waals surface area (Å²) in [6.45, 7) is 1.54. The summed E-state index contributed by atoms with van der Waals surface area (Å²) in [6.07, 6.45) is 1.61. The molecule has 0 saturated heterocycles. The molecule has 1 aromatic carbocycles. The van der Waals surface area contributed by atoms with Crippen molar-refractivity contribution in [3.05, 3.63) is 42.1 Å². The third kappa shape index (κ3) is 2.06. The number of aromatic nitrogens is 2. The molecule has 2 rings (SSSR count). The quantitative estimate of drug-likeness (QED) is 0.774. The number of ketones is 1. The highest BCUT2D eigenvalue weighted by Gasteiger charge is 2.02. The summed E-state index contributed by atoms with van der Waals surface area (Å²) >= 11 is 0. The van der Waals surface area contributed by atoms with Crippen LogP contribution in [0.25, 0.3) is 11.3 Å². The number of carbonyl (C=O) groups excluding carboxylic acids is 1. The van der Waals surface area contributed by atoms with Crippen LogP contribution >= 0.6 is 0 Å². The van der Waals surface area contributed by atoms with Crippen LogP contribution in [0.1, 0.15) is 17.3 Å². The van der Waals surface area contributed by atoms with E-state index in [0.29, 0.717) is 5.56 Å². The normalized spacial score (nSPS) is 10.1. The van der Waals surface area contributed by atoms with Gasteiger partial charge in [0.2, 0.25) is 5.95 Å². The number of nitrogen functional groups attached to an aromatic ring is 1. The zero-order valence-electron chi connectivity index (χ0n) is 8.84. The maximum atomic E-state index is 11.1. The van der Waals surface area contributed by atoms with Crippen LogP contribution in [0.15, 0.2) is 36.5 Å². The second-order valence-electron chi connectivity index (χ2n) is 3.43. The first-order chi connectivity index (χ1) is 7.66. The van der Waals surface area contributed by atoms with Gasteiger partial charge in [0.05, 0.1) is 5.69 Å². The van der Waals surface area contributed by atoms with E-state index in [-0.39, 0.29) is 11.7 Å². The van der Waals surface area contributed by atoms with Crippen LogP contribution in [0.4, 0.5) is 5.95 Å². The predicted molar refractivity (Wildman–Crippen MR) is 61.9 cm³/mol. The molecule has 80 valence electrons. The largest absolute Gasteiger partial charge is 0.368 e. The summed E-state index contributed by atoms with van der Waals surface area (Å²) in [6, 6.07) is 9.02. The fraction of sp³-hybridized carbons (Fsp3) is 0.0833. The topological polar surface area (TPSA) is 68.9 Å². The molecule has 0 aliphatic heterocycles.